The number of nitrogens with one attached hydrogen (secondary N) is 1. The van der Waals surface area contributed by atoms with E-state index < -0.39 is 5.60 Å². The van der Waals surface area contributed by atoms with Gasteiger partial charge in [0.15, 0.2) is 0 Å². The standard InChI is InChI=1S/C16H22BrNO2/c1-16(2,14-7-9-18-10-8-14)20-15(19)13-5-3-12(11-17)4-6-13/h3-6,14,18H,7-11H2,1-2H3. The van der Waals surface area contributed by atoms with Crippen LogP contribution in [0.3, 0.4) is 0 Å². The Labute approximate surface area is 129 Å². The van der Waals surface area contributed by atoms with E-state index in [2.05, 4.69) is 21.2 Å². The van der Waals surface area contributed by atoms with Crippen LogP contribution in [0.1, 0.15) is 42.6 Å². The van der Waals surface area contributed by atoms with Crippen LogP contribution in [-0.2, 0) is 10.1 Å². The molecule has 3 nitrogen and oxygen atoms in total. The smallest absolute Gasteiger partial charge is 0.338 e. The maximum absolute atomic E-state index is 12.3. The fourth-order valence-corrected chi connectivity index (χ4v) is 3.00. The summed E-state index contributed by atoms with van der Waals surface area (Å²) < 4.78 is 5.76. The molecule has 0 saturated carbocycles. The van der Waals surface area contributed by atoms with Gasteiger partial charge in [-0.3, -0.25) is 0 Å². The van der Waals surface area contributed by atoms with E-state index in [1.165, 1.54) is 0 Å². The molecule has 110 valence electrons. The Kier molecular flexibility index (Phi) is 5.22. The van der Waals surface area contributed by atoms with Crippen LogP contribution in [0.2, 0.25) is 0 Å². The van der Waals surface area contributed by atoms with E-state index in [0.717, 1.165) is 36.8 Å². The van der Waals surface area contributed by atoms with Gasteiger partial charge in [0.2, 0.25) is 0 Å². The Bertz CT molecular complexity index is 450. The molecule has 1 heterocycles. The number of ether oxygens (including phenoxy) is 1. The molecule has 0 bridgehead atoms. The van der Waals surface area contributed by atoms with Crippen molar-refractivity contribution < 1.29 is 9.53 Å². The van der Waals surface area contributed by atoms with Gasteiger partial charge in [-0.05, 0) is 57.5 Å². The zero-order chi connectivity index (χ0) is 14.6. The highest BCUT2D eigenvalue weighted by atomic mass is 79.9. The van der Waals surface area contributed by atoms with E-state index in [9.17, 15) is 4.79 Å². The molecule has 0 aromatic heterocycles. The molecule has 1 aromatic carbocycles. The summed E-state index contributed by atoms with van der Waals surface area (Å²) in [7, 11) is 0. The number of alkyl halides is 1. The van der Waals surface area contributed by atoms with Crippen molar-refractivity contribution >= 4 is 21.9 Å². The second-order valence-electron chi connectivity index (χ2n) is 5.85. The molecule has 1 fully saturated rings. The normalized spacial score (nSPS) is 16.9. The van der Waals surface area contributed by atoms with Gasteiger partial charge >= 0.3 is 5.97 Å². The second-order valence-corrected chi connectivity index (χ2v) is 6.41. The number of hydrogen-bond donors (Lipinski definition) is 1. The van der Waals surface area contributed by atoms with Gasteiger partial charge in [-0.25, -0.2) is 4.79 Å². The average Bonchev–Trinajstić information content (AvgIpc) is 2.48. The molecule has 1 aliphatic heterocycles. The first-order chi connectivity index (χ1) is 9.53. The number of rotatable bonds is 4. The zero-order valence-corrected chi connectivity index (χ0v) is 13.7. The monoisotopic (exact) mass is 339 g/mol. The van der Waals surface area contributed by atoms with E-state index in [1.807, 2.05) is 38.1 Å². The van der Waals surface area contributed by atoms with Crippen molar-refractivity contribution in [1.82, 2.24) is 5.32 Å². The predicted molar refractivity (Wildman–Crippen MR) is 84.2 cm³/mol. The van der Waals surface area contributed by atoms with E-state index in [4.69, 9.17) is 4.74 Å². The third-order valence-electron chi connectivity index (χ3n) is 4.02. The first-order valence-corrected chi connectivity index (χ1v) is 8.24. The molecule has 1 aromatic rings. The number of benzene rings is 1. The Morgan fingerprint density at radius 3 is 2.45 bits per heavy atom. The molecule has 2 rings (SSSR count). The molecular weight excluding hydrogens is 318 g/mol. The predicted octanol–water partition coefficient (Wildman–Crippen LogP) is 3.52. The van der Waals surface area contributed by atoms with Crippen LogP contribution in [0.25, 0.3) is 0 Å². The highest BCUT2D eigenvalue weighted by Crippen LogP contribution is 2.29. The zero-order valence-electron chi connectivity index (χ0n) is 12.1. The first-order valence-electron chi connectivity index (χ1n) is 7.12. The van der Waals surface area contributed by atoms with Crippen molar-refractivity contribution in [1.29, 1.82) is 0 Å². The number of esters is 1. The molecule has 0 amide bonds. The largest absolute Gasteiger partial charge is 0.456 e. The van der Waals surface area contributed by atoms with Crippen LogP contribution in [0.15, 0.2) is 24.3 Å². The molecule has 1 saturated heterocycles. The Morgan fingerprint density at radius 1 is 1.30 bits per heavy atom. The van der Waals surface area contributed by atoms with Gasteiger partial charge in [0, 0.05) is 11.2 Å². The molecule has 20 heavy (non-hydrogen) atoms. The lowest BCUT2D eigenvalue weighted by Gasteiger charge is -2.36. The van der Waals surface area contributed by atoms with E-state index in [0.29, 0.717) is 11.5 Å². The average molecular weight is 340 g/mol. The van der Waals surface area contributed by atoms with Gasteiger partial charge < -0.3 is 10.1 Å². The lowest BCUT2D eigenvalue weighted by atomic mass is 9.83. The summed E-state index contributed by atoms with van der Waals surface area (Å²) in [4.78, 5) is 12.3. The highest BCUT2D eigenvalue weighted by Gasteiger charge is 2.34. The summed E-state index contributed by atoms with van der Waals surface area (Å²) in [5.74, 6) is 0.198. The van der Waals surface area contributed by atoms with Crippen molar-refractivity contribution in [2.24, 2.45) is 5.92 Å². The fraction of sp³-hybridized carbons (Fsp3) is 0.562. The van der Waals surface area contributed by atoms with Crippen molar-refractivity contribution in [3.8, 4) is 0 Å². The van der Waals surface area contributed by atoms with Crippen LogP contribution >= 0.6 is 15.9 Å². The molecule has 1 N–H and O–H groups in total. The molecule has 1 aliphatic rings. The van der Waals surface area contributed by atoms with E-state index in [1.54, 1.807) is 0 Å². The number of carbonyl (C=O) groups excluding carboxylic acids is 1. The molecule has 0 radical (unpaired) electrons. The summed E-state index contributed by atoms with van der Waals surface area (Å²) in [6.07, 6.45) is 2.12. The van der Waals surface area contributed by atoms with Crippen LogP contribution < -0.4 is 5.32 Å². The van der Waals surface area contributed by atoms with E-state index >= 15 is 0 Å². The van der Waals surface area contributed by atoms with Gasteiger partial charge in [0.05, 0.1) is 5.56 Å². The van der Waals surface area contributed by atoms with E-state index in [-0.39, 0.29) is 5.97 Å². The van der Waals surface area contributed by atoms with Gasteiger partial charge in [-0.1, -0.05) is 28.1 Å². The van der Waals surface area contributed by atoms with Crippen LogP contribution in [0.4, 0.5) is 0 Å². The van der Waals surface area contributed by atoms with Gasteiger partial charge in [0.25, 0.3) is 0 Å². The van der Waals surface area contributed by atoms with Gasteiger partial charge in [0.1, 0.15) is 5.60 Å². The van der Waals surface area contributed by atoms with Crippen molar-refractivity contribution in [2.75, 3.05) is 13.1 Å². The highest BCUT2D eigenvalue weighted by molar-refractivity contribution is 9.08. The van der Waals surface area contributed by atoms with Crippen LogP contribution in [-0.4, -0.2) is 24.7 Å². The maximum Gasteiger partial charge on any atom is 0.338 e. The summed E-state index contributed by atoms with van der Waals surface area (Å²) in [5.41, 5.74) is 1.36. The lowest BCUT2D eigenvalue weighted by molar-refractivity contribution is -0.0368. The van der Waals surface area contributed by atoms with Crippen molar-refractivity contribution in [3.05, 3.63) is 35.4 Å². The number of carbonyl (C=O) groups is 1. The summed E-state index contributed by atoms with van der Waals surface area (Å²) in [6, 6.07) is 7.56. The SMILES string of the molecule is CC(C)(OC(=O)c1ccc(CBr)cc1)C1CCNCC1. The molecule has 0 atom stereocenters. The Balaban J connectivity index is 2.01. The summed E-state index contributed by atoms with van der Waals surface area (Å²) in [5, 5.41) is 4.13. The minimum absolute atomic E-state index is 0.227. The third-order valence-corrected chi connectivity index (χ3v) is 4.67. The maximum atomic E-state index is 12.3. The molecule has 0 spiro atoms. The number of halogens is 1. The molecule has 4 heteroatoms. The molecule has 0 aliphatic carbocycles. The van der Waals surface area contributed by atoms with Gasteiger partial charge in [-0.15, -0.1) is 0 Å². The lowest BCUT2D eigenvalue weighted by Crippen LogP contribution is -2.42. The quantitative estimate of drug-likeness (QED) is 0.673. The summed E-state index contributed by atoms with van der Waals surface area (Å²) in [6.45, 7) is 6.05. The minimum Gasteiger partial charge on any atom is -0.456 e. The fourth-order valence-electron chi connectivity index (χ4n) is 2.63. The second kappa shape index (κ2) is 6.72. The third kappa shape index (κ3) is 3.83. The summed E-state index contributed by atoms with van der Waals surface area (Å²) >= 11 is 3.40. The first kappa shape index (κ1) is 15.5. The van der Waals surface area contributed by atoms with Crippen molar-refractivity contribution in [2.45, 2.75) is 37.6 Å². The van der Waals surface area contributed by atoms with Crippen molar-refractivity contribution in [3.63, 3.8) is 0 Å². The molecule has 0 unspecified atom stereocenters. The number of piperidine rings is 1. The van der Waals surface area contributed by atoms with Crippen LogP contribution in [0, 0.1) is 5.92 Å². The van der Waals surface area contributed by atoms with Crippen LogP contribution in [0.5, 0.6) is 0 Å². The minimum atomic E-state index is -0.409. The van der Waals surface area contributed by atoms with Gasteiger partial charge in [-0.2, -0.15) is 0 Å². The Morgan fingerprint density at radius 2 is 1.90 bits per heavy atom. The number of hydrogen-bond acceptors (Lipinski definition) is 3. The Hall–Kier alpha value is -0.870. The topological polar surface area (TPSA) is 38.3 Å². The molecular formula is C16H22BrNO2.